The average Bonchev–Trinajstić information content (AvgIpc) is 2.27. The summed E-state index contributed by atoms with van der Waals surface area (Å²) < 4.78 is 9.73. The van der Waals surface area contributed by atoms with E-state index in [1.54, 1.807) is 20.8 Å². The number of rotatable bonds is 5. The fourth-order valence-electron chi connectivity index (χ4n) is 1.31. The normalized spacial score (nSPS) is 11.4. The molecule has 1 atom stereocenters. The highest BCUT2D eigenvalue weighted by molar-refractivity contribution is 5.95. The first-order valence-electron chi connectivity index (χ1n) is 5.90. The summed E-state index contributed by atoms with van der Waals surface area (Å²) in [7, 11) is 0. The molecular weight excluding hydrogens is 220 g/mol. The molecular formula is C13H20O4. The van der Waals surface area contributed by atoms with Crippen molar-refractivity contribution in [2.24, 2.45) is 11.8 Å². The Labute approximate surface area is 103 Å². The van der Waals surface area contributed by atoms with Gasteiger partial charge in [-0.2, -0.15) is 0 Å². The van der Waals surface area contributed by atoms with E-state index in [0.29, 0.717) is 6.42 Å². The molecule has 0 heterocycles. The molecule has 0 spiro atoms. The van der Waals surface area contributed by atoms with Crippen LogP contribution in [-0.2, 0) is 19.1 Å². The zero-order valence-electron chi connectivity index (χ0n) is 10.9. The molecule has 0 N–H and O–H groups in total. The molecule has 0 saturated carbocycles. The summed E-state index contributed by atoms with van der Waals surface area (Å²) in [6, 6.07) is 0. The van der Waals surface area contributed by atoms with Crippen LogP contribution < -0.4 is 0 Å². The first-order valence-corrected chi connectivity index (χ1v) is 5.90. The van der Waals surface area contributed by atoms with Crippen LogP contribution in [0.15, 0.2) is 0 Å². The number of carbonyl (C=O) groups excluding carboxylic acids is 2. The van der Waals surface area contributed by atoms with Crippen molar-refractivity contribution in [1.82, 2.24) is 0 Å². The molecule has 0 aliphatic carbocycles. The van der Waals surface area contributed by atoms with Crippen molar-refractivity contribution in [2.75, 3.05) is 13.2 Å². The molecule has 0 rings (SSSR count). The van der Waals surface area contributed by atoms with E-state index in [4.69, 9.17) is 9.47 Å². The molecule has 17 heavy (non-hydrogen) atoms. The molecule has 4 heteroatoms. The zero-order valence-corrected chi connectivity index (χ0v) is 10.9. The lowest BCUT2D eigenvalue weighted by atomic mass is 9.94. The van der Waals surface area contributed by atoms with Crippen molar-refractivity contribution in [3.8, 4) is 11.8 Å². The Bertz CT molecular complexity index is 293. The molecule has 0 aliphatic heterocycles. The topological polar surface area (TPSA) is 52.6 Å². The molecule has 0 amide bonds. The fraction of sp³-hybridized carbons (Fsp3) is 0.692. The summed E-state index contributed by atoms with van der Waals surface area (Å²) in [5.74, 6) is 3.24. The summed E-state index contributed by atoms with van der Waals surface area (Å²) in [5, 5.41) is 0. The zero-order chi connectivity index (χ0) is 13.3. The smallest absolute Gasteiger partial charge is 0.321 e. The van der Waals surface area contributed by atoms with Crippen LogP contribution >= 0.6 is 0 Å². The van der Waals surface area contributed by atoms with Crippen LogP contribution in [0.3, 0.4) is 0 Å². The van der Waals surface area contributed by atoms with Gasteiger partial charge < -0.3 is 9.47 Å². The van der Waals surface area contributed by atoms with Crippen molar-refractivity contribution in [3.05, 3.63) is 0 Å². The SMILES string of the molecule is CCC#C[C@H](C)C(C(=O)OCC)C(=O)OCC. The van der Waals surface area contributed by atoms with E-state index in [2.05, 4.69) is 11.8 Å². The molecule has 4 nitrogen and oxygen atoms in total. The molecule has 0 aromatic carbocycles. The molecule has 0 saturated heterocycles. The lowest BCUT2D eigenvalue weighted by molar-refractivity contribution is -0.163. The van der Waals surface area contributed by atoms with Gasteiger partial charge in [-0.05, 0) is 20.8 Å². The Kier molecular flexibility index (Phi) is 7.87. The fourth-order valence-corrected chi connectivity index (χ4v) is 1.31. The third-order valence-electron chi connectivity index (χ3n) is 2.09. The van der Waals surface area contributed by atoms with Gasteiger partial charge in [-0.15, -0.1) is 5.92 Å². The van der Waals surface area contributed by atoms with Crippen LogP contribution in [0.1, 0.15) is 34.1 Å². The van der Waals surface area contributed by atoms with Gasteiger partial charge in [-0.1, -0.05) is 12.8 Å². The van der Waals surface area contributed by atoms with Gasteiger partial charge >= 0.3 is 11.9 Å². The van der Waals surface area contributed by atoms with Crippen molar-refractivity contribution in [2.45, 2.75) is 34.1 Å². The van der Waals surface area contributed by atoms with Crippen molar-refractivity contribution >= 4 is 11.9 Å². The maximum atomic E-state index is 11.7. The average molecular weight is 240 g/mol. The molecule has 0 unspecified atom stereocenters. The van der Waals surface area contributed by atoms with E-state index in [-0.39, 0.29) is 13.2 Å². The lowest BCUT2D eigenvalue weighted by Gasteiger charge is -2.16. The number of ether oxygens (including phenoxy) is 2. The molecule has 0 aromatic heterocycles. The quantitative estimate of drug-likeness (QED) is 0.417. The van der Waals surface area contributed by atoms with E-state index >= 15 is 0 Å². The summed E-state index contributed by atoms with van der Waals surface area (Å²) in [4.78, 5) is 23.3. The van der Waals surface area contributed by atoms with Gasteiger partial charge in [0.05, 0.1) is 13.2 Å². The Balaban J connectivity index is 4.83. The molecule has 0 bridgehead atoms. The Morgan fingerprint density at radius 1 is 1.06 bits per heavy atom. The first-order chi connectivity index (χ1) is 8.08. The van der Waals surface area contributed by atoms with Gasteiger partial charge in [-0.3, -0.25) is 9.59 Å². The third-order valence-corrected chi connectivity index (χ3v) is 2.09. The minimum Gasteiger partial charge on any atom is -0.465 e. The second kappa shape index (κ2) is 8.63. The Morgan fingerprint density at radius 3 is 1.88 bits per heavy atom. The van der Waals surface area contributed by atoms with Gasteiger partial charge in [0.15, 0.2) is 5.92 Å². The van der Waals surface area contributed by atoms with Crippen LogP contribution in [0.25, 0.3) is 0 Å². The van der Waals surface area contributed by atoms with Crippen LogP contribution in [0.5, 0.6) is 0 Å². The van der Waals surface area contributed by atoms with E-state index in [1.807, 2.05) is 6.92 Å². The minimum absolute atomic E-state index is 0.239. The second-order valence-corrected chi connectivity index (χ2v) is 3.45. The van der Waals surface area contributed by atoms with Gasteiger partial charge in [0.25, 0.3) is 0 Å². The number of carbonyl (C=O) groups is 2. The highest BCUT2D eigenvalue weighted by Crippen LogP contribution is 2.15. The Hall–Kier alpha value is -1.50. The predicted octanol–water partition coefficient (Wildman–Crippen LogP) is 1.78. The van der Waals surface area contributed by atoms with Crippen LogP contribution in [0.4, 0.5) is 0 Å². The summed E-state index contributed by atoms with van der Waals surface area (Å²) in [5.41, 5.74) is 0. The van der Waals surface area contributed by atoms with Crippen LogP contribution in [0.2, 0.25) is 0 Å². The van der Waals surface area contributed by atoms with Gasteiger partial charge in [0.2, 0.25) is 0 Å². The third kappa shape index (κ3) is 5.39. The number of hydrogen-bond donors (Lipinski definition) is 0. The van der Waals surface area contributed by atoms with Crippen molar-refractivity contribution in [1.29, 1.82) is 0 Å². The van der Waals surface area contributed by atoms with Crippen LogP contribution in [-0.4, -0.2) is 25.2 Å². The molecule has 96 valence electrons. The number of hydrogen-bond acceptors (Lipinski definition) is 4. The first kappa shape index (κ1) is 15.5. The van der Waals surface area contributed by atoms with Gasteiger partial charge in [-0.25, -0.2) is 0 Å². The van der Waals surface area contributed by atoms with E-state index < -0.39 is 23.8 Å². The summed E-state index contributed by atoms with van der Waals surface area (Å²) >= 11 is 0. The second-order valence-electron chi connectivity index (χ2n) is 3.45. The Morgan fingerprint density at radius 2 is 1.53 bits per heavy atom. The molecule has 0 radical (unpaired) electrons. The monoisotopic (exact) mass is 240 g/mol. The summed E-state index contributed by atoms with van der Waals surface area (Å²) in [6.45, 7) is 7.50. The highest BCUT2D eigenvalue weighted by atomic mass is 16.6. The molecule has 0 fully saturated rings. The van der Waals surface area contributed by atoms with E-state index in [1.165, 1.54) is 0 Å². The lowest BCUT2D eigenvalue weighted by Crippen LogP contribution is -2.32. The van der Waals surface area contributed by atoms with Gasteiger partial charge in [0.1, 0.15) is 0 Å². The predicted molar refractivity (Wildman–Crippen MR) is 64.0 cm³/mol. The van der Waals surface area contributed by atoms with E-state index in [0.717, 1.165) is 0 Å². The highest BCUT2D eigenvalue weighted by Gasteiger charge is 2.34. The number of esters is 2. The van der Waals surface area contributed by atoms with Crippen molar-refractivity contribution < 1.29 is 19.1 Å². The van der Waals surface area contributed by atoms with Gasteiger partial charge in [0, 0.05) is 12.3 Å². The maximum absolute atomic E-state index is 11.7. The summed E-state index contributed by atoms with van der Waals surface area (Å²) in [6.07, 6.45) is 0.683. The molecule has 0 aromatic rings. The largest absolute Gasteiger partial charge is 0.465 e. The standard InChI is InChI=1S/C13H20O4/c1-5-8-9-10(4)11(12(14)16-6-2)13(15)17-7-3/h10-11H,5-7H2,1-4H3/t10-/m0/s1. The maximum Gasteiger partial charge on any atom is 0.321 e. The van der Waals surface area contributed by atoms with Crippen molar-refractivity contribution in [3.63, 3.8) is 0 Å². The van der Waals surface area contributed by atoms with Crippen LogP contribution in [0, 0.1) is 23.7 Å². The minimum atomic E-state index is -0.950. The van der Waals surface area contributed by atoms with E-state index in [9.17, 15) is 9.59 Å². The molecule has 0 aliphatic rings.